The van der Waals surface area contributed by atoms with Gasteiger partial charge in [0.2, 0.25) is 0 Å². The number of carbonyl (C=O) groups excluding carboxylic acids is 1. The molecule has 0 bridgehead atoms. The lowest BCUT2D eigenvalue weighted by atomic mass is 10.1. The Morgan fingerprint density at radius 1 is 1.56 bits per heavy atom. The molecular formula is C13H16N2O2S. The highest BCUT2D eigenvalue weighted by atomic mass is 32.2. The second kappa shape index (κ2) is 5.49. The van der Waals surface area contributed by atoms with Crippen molar-refractivity contribution in [3.63, 3.8) is 0 Å². The molecule has 4 nitrogen and oxygen atoms in total. The highest BCUT2D eigenvalue weighted by Crippen LogP contribution is 2.45. The van der Waals surface area contributed by atoms with Gasteiger partial charge >= 0.3 is 5.97 Å². The number of esters is 1. The molecule has 0 aromatic carbocycles. The van der Waals surface area contributed by atoms with Crippen LogP contribution >= 0.6 is 11.8 Å². The fraction of sp³-hybridized carbons (Fsp3) is 0.538. The summed E-state index contributed by atoms with van der Waals surface area (Å²) in [4.78, 5) is 14.6. The van der Waals surface area contributed by atoms with Crippen molar-refractivity contribution < 1.29 is 9.53 Å². The van der Waals surface area contributed by atoms with E-state index in [1.54, 1.807) is 6.92 Å². The van der Waals surface area contributed by atoms with Crippen LogP contribution in [0, 0.1) is 11.3 Å². The van der Waals surface area contributed by atoms with E-state index in [0.29, 0.717) is 11.5 Å². The zero-order valence-corrected chi connectivity index (χ0v) is 11.5. The van der Waals surface area contributed by atoms with Gasteiger partial charge in [0.15, 0.2) is 0 Å². The van der Waals surface area contributed by atoms with E-state index in [9.17, 15) is 10.1 Å². The van der Waals surface area contributed by atoms with Crippen LogP contribution < -0.4 is 0 Å². The van der Waals surface area contributed by atoms with Gasteiger partial charge in [0.05, 0.1) is 23.3 Å². The van der Waals surface area contributed by atoms with E-state index in [1.807, 2.05) is 6.92 Å². The number of rotatable bonds is 2. The van der Waals surface area contributed by atoms with Crippen molar-refractivity contribution in [1.82, 2.24) is 4.90 Å². The molecular weight excluding hydrogens is 248 g/mol. The SMILES string of the molecule is CCOC(=O)C1=C(C)N2CCCCC(C#N)=C2S1. The molecule has 0 saturated carbocycles. The molecule has 0 aromatic rings. The summed E-state index contributed by atoms with van der Waals surface area (Å²) in [5.41, 5.74) is 1.71. The van der Waals surface area contributed by atoms with Crippen LogP contribution in [0.15, 0.2) is 21.2 Å². The summed E-state index contributed by atoms with van der Waals surface area (Å²) in [7, 11) is 0. The third kappa shape index (κ3) is 2.25. The minimum atomic E-state index is -0.280. The molecule has 2 aliphatic heterocycles. The third-order valence-corrected chi connectivity index (χ3v) is 4.42. The van der Waals surface area contributed by atoms with Crippen molar-refractivity contribution in [2.45, 2.75) is 33.1 Å². The molecule has 0 amide bonds. The summed E-state index contributed by atoms with van der Waals surface area (Å²) in [5, 5.41) is 10.1. The van der Waals surface area contributed by atoms with Gasteiger partial charge in [-0.25, -0.2) is 4.79 Å². The average molecular weight is 264 g/mol. The molecule has 0 aliphatic carbocycles. The van der Waals surface area contributed by atoms with Gasteiger partial charge in [0, 0.05) is 12.2 Å². The summed E-state index contributed by atoms with van der Waals surface area (Å²) in [6.07, 6.45) is 2.88. The summed E-state index contributed by atoms with van der Waals surface area (Å²) < 4.78 is 5.05. The molecule has 2 heterocycles. The Morgan fingerprint density at radius 3 is 3.00 bits per heavy atom. The standard InChI is InChI=1S/C13H16N2O2S/c1-3-17-13(16)11-9(2)15-7-5-4-6-10(8-14)12(15)18-11/h3-7H2,1-2H3. The molecule has 0 radical (unpaired) electrons. The smallest absolute Gasteiger partial charge is 0.346 e. The summed E-state index contributed by atoms with van der Waals surface area (Å²) in [6.45, 7) is 4.97. The third-order valence-electron chi connectivity index (χ3n) is 3.09. The van der Waals surface area contributed by atoms with Crippen LogP contribution in [-0.2, 0) is 9.53 Å². The molecule has 2 rings (SSSR count). The fourth-order valence-electron chi connectivity index (χ4n) is 2.16. The zero-order valence-electron chi connectivity index (χ0n) is 10.7. The molecule has 5 heteroatoms. The van der Waals surface area contributed by atoms with Gasteiger partial charge in [-0.15, -0.1) is 0 Å². The van der Waals surface area contributed by atoms with E-state index < -0.39 is 0 Å². The number of hydrogen-bond donors (Lipinski definition) is 0. The fourth-order valence-corrected chi connectivity index (χ4v) is 3.37. The van der Waals surface area contributed by atoms with Crippen LogP contribution in [0.2, 0.25) is 0 Å². The number of nitriles is 1. The number of allylic oxidation sites excluding steroid dienone is 2. The van der Waals surface area contributed by atoms with E-state index >= 15 is 0 Å². The number of nitrogens with zero attached hydrogens (tertiary/aromatic N) is 2. The van der Waals surface area contributed by atoms with Crippen LogP contribution in [-0.4, -0.2) is 24.0 Å². The lowest BCUT2D eigenvalue weighted by Crippen LogP contribution is -2.17. The quantitative estimate of drug-likeness (QED) is 0.718. The lowest BCUT2D eigenvalue weighted by molar-refractivity contribution is -0.137. The summed E-state index contributed by atoms with van der Waals surface area (Å²) >= 11 is 1.38. The maximum atomic E-state index is 11.8. The molecule has 0 atom stereocenters. The zero-order chi connectivity index (χ0) is 13.1. The first-order valence-corrected chi connectivity index (χ1v) is 6.97. The first-order chi connectivity index (χ1) is 8.69. The van der Waals surface area contributed by atoms with E-state index in [0.717, 1.165) is 42.1 Å². The lowest BCUT2D eigenvalue weighted by Gasteiger charge is -2.19. The van der Waals surface area contributed by atoms with Crippen LogP contribution in [0.5, 0.6) is 0 Å². The minimum absolute atomic E-state index is 0.280. The van der Waals surface area contributed by atoms with Gasteiger partial charge in [-0.2, -0.15) is 5.26 Å². The van der Waals surface area contributed by atoms with Crippen molar-refractivity contribution in [1.29, 1.82) is 5.26 Å². The topological polar surface area (TPSA) is 53.3 Å². The van der Waals surface area contributed by atoms with Crippen LogP contribution in [0.4, 0.5) is 0 Å². The predicted octanol–water partition coefficient (Wildman–Crippen LogP) is 2.75. The van der Waals surface area contributed by atoms with Crippen molar-refractivity contribution in [2.75, 3.05) is 13.2 Å². The molecule has 0 aromatic heterocycles. The number of fused-ring (bicyclic) bond motifs is 1. The highest BCUT2D eigenvalue weighted by Gasteiger charge is 2.33. The highest BCUT2D eigenvalue weighted by molar-refractivity contribution is 8.07. The monoisotopic (exact) mass is 264 g/mol. The van der Waals surface area contributed by atoms with E-state index in [-0.39, 0.29) is 5.97 Å². The second-order valence-corrected chi connectivity index (χ2v) is 5.24. The Morgan fingerprint density at radius 2 is 2.33 bits per heavy atom. The first kappa shape index (κ1) is 13.0. The second-order valence-electron chi connectivity index (χ2n) is 4.24. The first-order valence-electron chi connectivity index (χ1n) is 6.15. The normalized spacial score (nSPS) is 19.5. The largest absolute Gasteiger partial charge is 0.462 e. The Balaban J connectivity index is 2.33. The maximum absolute atomic E-state index is 11.8. The summed E-state index contributed by atoms with van der Waals surface area (Å²) in [5.74, 6) is -0.280. The molecule has 0 unspecified atom stereocenters. The summed E-state index contributed by atoms with van der Waals surface area (Å²) in [6, 6.07) is 2.27. The predicted molar refractivity (Wildman–Crippen MR) is 70.1 cm³/mol. The Labute approximate surface area is 111 Å². The molecule has 0 N–H and O–H groups in total. The van der Waals surface area contributed by atoms with E-state index in [4.69, 9.17) is 4.74 Å². The molecule has 18 heavy (non-hydrogen) atoms. The van der Waals surface area contributed by atoms with Gasteiger partial charge < -0.3 is 9.64 Å². The van der Waals surface area contributed by atoms with Gasteiger partial charge in [0.1, 0.15) is 4.91 Å². The number of ether oxygens (including phenoxy) is 1. The van der Waals surface area contributed by atoms with Gasteiger partial charge in [-0.1, -0.05) is 11.8 Å². The number of thioether (sulfide) groups is 1. The van der Waals surface area contributed by atoms with E-state index in [2.05, 4.69) is 11.0 Å². The molecule has 0 spiro atoms. The maximum Gasteiger partial charge on any atom is 0.346 e. The van der Waals surface area contributed by atoms with Crippen molar-refractivity contribution >= 4 is 17.7 Å². The van der Waals surface area contributed by atoms with E-state index in [1.165, 1.54) is 11.8 Å². The average Bonchev–Trinajstić information content (AvgIpc) is 2.57. The van der Waals surface area contributed by atoms with Crippen LogP contribution in [0.3, 0.4) is 0 Å². The van der Waals surface area contributed by atoms with Crippen molar-refractivity contribution in [3.8, 4) is 6.07 Å². The molecule has 2 aliphatic rings. The molecule has 96 valence electrons. The van der Waals surface area contributed by atoms with Crippen molar-refractivity contribution in [3.05, 3.63) is 21.2 Å². The Hall–Kier alpha value is -1.41. The van der Waals surface area contributed by atoms with Gasteiger partial charge in [-0.05, 0) is 33.1 Å². The van der Waals surface area contributed by atoms with Crippen LogP contribution in [0.1, 0.15) is 33.1 Å². The minimum Gasteiger partial charge on any atom is -0.462 e. The van der Waals surface area contributed by atoms with Crippen molar-refractivity contribution in [2.24, 2.45) is 0 Å². The van der Waals surface area contributed by atoms with Gasteiger partial charge in [-0.3, -0.25) is 0 Å². The molecule has 0 saturated heterocycles. The Kier molecular flexibility index (Phi) is 3.97. The van der Waals surface area contributed by atoms with Crippen LogP contribution in [0.25, 0.3) is 0 Å². The number of hydrogen-bond acceptors (Lipinski definition) is 5. The molecule has 0 fully saturated rings. The Bertz CT molecular complexity index is 474. The van der Waals surface area contributed by atoms with Gasteiger partial charge in [0.25, 0.3) is 0 Å². The number of carbonyl (C=O) groups is 1.